The van der Waals surface area contributed by atoms with Crippen molar-refractivity contribution in [2.24, 2.45) is 0 Å². The summed E-state index contributed by atoms with van der Waals surface area (Å²) in [5, 5.41) is 12.6. The van der Waals surface area contributed by atoms with Crippen LogP contribution < -0.4 is 15.6 Å². The van der Waals surface area contributed by atoms with Crippen LogP contribution in [-0.4, -0.2) is 48.3 Å². The molecular formula is C24H25N5O3. The monoisotopic (exact) mass is 431 g/mol. The molecule has 2 aromatic carbocycles. The molecule has 0 aliphatic carbocycles. The molecular weight excluding hydrogens is 406 g/mol. The van der Waals surface area contributed by atoms with E-state index < -0.39 is 5.56 Å². The summed E-state index contributed by atoms with van der Waals surface area (Å²) in [4.78, 5) is 22.0. The van der Waals surface area contributed by atoms with E-state index in [0.29, 0.717) is 29.5 Å². The molecule has 8 nitrogen and oxygen atoms in total. The van der Waals surface area contributed by atoms with Crippen LogP contribution in [0.3, 0.4) is 0 Å². The van der Waals surface area contributed by atoms with E-state index in [1.807, 2.05) is 6.07 Å². The zero-order valence-electron chi connectivity index (χ0n) is 17.9. The van der Waals surface area contributed by atoms with E-state index >= 15 is 0 Å². The molecule has 0 radical (unpaired) electrons. The number of H-pyrrole nitrogens is 1. The number of nitriles is 1. The zero-order chi connectivity index (χ0) is 22.3. The van der Waals surface area contributed by atoms with Gasteiger partial charge in [0.05, 0.1) is 26.0 Å². The fourth-order valence-corrected chi connectivity index (χ4v) is 3.58. The van der Waals surface area contributed by atoms with Gasteiger partial charge in [0, 0.05) is 31.7 Å². The minimum atomic E-state index is -0.475. The lowest BCUT2D eigenvalue weighted by Crippen LogP contribution is -2.35. The molecule has 0 atom stereocenters. The molecule has 2 heterocycles. The Morgan fingerprint density at radius 2 is 1.81 bits per heavy atom. The number of anilines is 1. The van der Waals surface area contributed by atoms with Crippen LogP contribution in [0.2, 0.25) is 0 Å². The van der Waals surface area contributed by atoms with E-state index in [4.69, 9.17) is 9.47 Å². The molecule has 0 unspecified atom stereocenters. The average molecular weight is 431 g/mol. The van der Waals surface area contributed by atoms with Crippen molar-refractivity contribution < 1.29 is 9.47 Å². The Bertz CT molecular complexity index is 1140. The van der Waals surface area contributed by atoms with Crippen molar-refractivity contribution in [1.82, 2.24) is 14.9 Å². The Morgan fingerprint density at radius 3 is 2.47 bits per heavy atom. The number of morpholine rings is 1. The summed E-state index contributed by atoms with van der Waals surface area (Å²) in [7, 11) is 1.58. The molecule has 1 aliphatic rings. The molecule has 164 valence electrons. The predicted octanol–water partition coefficient (Wildman–Crippen LogP) is 2.76. The maximum Gasteiger partial charge on any atom is 0.270 e. The molecule has 32 heavy (non-hydrogen) atoms. The minimum Gasteiger partial charge on any atom is -0.497 e. The van der Waals surface area contributed by atoms with Crippen molar-refractivity contribution in [3.63, 3.8) is 0 Å². The lowest BCUT2D eigenvalue weighted by atomic mass is 10.1. The number of ether oxygens (including phenoxy) is 2. The highest BCUT2D eigenvalue weighted by Crippen LogP contribution is 2.23. The number of rotatable bonds is 7. The van der Waals surface area contributed by atoms with Gasteiger partial charge in [0.1, 0.15) is 17.4 Å². The number of aromatic nitrogens is 2. The molecule has 8 heteroatoms. The highest BCUT2D eigenvalue weighted by Gasteiger charge is 2.14. The van der Waals surface area contributed by atoms with Gasteiger partial charge in [-0.25, -0.2) is 4.98 Å². The normalized spacial score (nSPS) is 14.0. The molecule has 1 aliphatic heterocycles. The lowest BCUT2D eigenvalue weighted by molar-refractivity contribution is 0.0342. The average Bonchev–Trinajstić information content (AvgIpc) is 2.84. The van der Waals surface area contributed by atoms with Gasteiger partial charge in [-0.3, -0.25) is 14.7 Å². The Balaban J connectivity index is 1.46. The first-order valence-corrected chi connectivity index (χ1v) is 10.5. The second-order valence-electron chi connectivity index (χ2n) is 7.54. The maximum absolute atomic E-state index is 12.4. The third kappa shape index (κ3) is 5.14. The van der Waals surface area contributed by atoms with E-state index in [1.165, 1.54) is 5.56 Å². The molecule has 0 amide bonds. The summed E-state index contributed by atoms with van der Waals surface area (Å²) in [6, 6.07) is 17.4. The number of hydrogen-bond donors (Lipinski definition) is 2. The lowest BCUT2D eigenvalue weighted by Gasteiger charge is -2.26. The second kappa shape index (κ2) is 10.1. The van der Waals surface area contributed by atoms with Crippen LogP contribution in [0.15, 0.2) is 53.3 Å². The van der Waals surface area contributed by atoms with Crippen LogP contribution in [0, 0.1) is 11.3 Å². The largest absolute Gasteiger partial charge is 0.497 e. The molecule has 0 bridgehead atoms. The number of hydrogen-bond acceptors (Lipinski definition) is 7. The first-order chi connectivity index (χ1) is 15.7. The molecule has 1 saturated heterocycles. The number of nitrogens with zero attached hydrogens (tertiary/aromatic N) is 3. The van der Waals surface area contributed by atoms with Crippen molar-refractivity contribution >= 4 is 5.95 Å². The third-order valence-corrected chi connectivity index (χ3v) is 5.39. The zero-order valence-corrected chi connectivity index (χ0v) is 17.9. The van der Waals surface area contributed by atoms with E-state index in [0.717, 1.165) is 38.4 Å². The van der Waals surface area contributed by atoms with Crippen LogP contribution in [-0.2, 0) is 17.8 Å². The Kier molecular flexibility index (Phi) is 6.80. The predicted molar refractivity (Wildman–Crippen MR) is 121 cm³/mol. The van der Waals surface area contributed by atoms with Crippen molar-refractivity contribution in [1.29, 1.82) is 5.26 Å². The van der Waals surface area contributed by atoms with Crippen LogP contribution in [0.1, 0.15) is 16.7 Å². The fraction of sp³-hybridized carbons (Fsp3) is 0.292. The highest BCUT2D eigenvalue weighted by molar-refractivity contribution is 5.67. The number of methoxy groups -OCH3 is 1. The first-order valence-electron chi connectivity index (χ1n) is 10.5. The van der Waals surface area contributed by atoms with E-state index in [9.17, 15) is 10.1 Å². The van der Waals surface area contributed by atoms with E-state index in [-0.39, 0.29) is 5.56 Å². The van der Waals surface area contributed by atoms with Crippen molar-refractivity contribution in [3.8, 4) is 23.1 Å². The second-order valence-corrected chi connectivity index (χ2v) is 7.54. The van der Waals surface area contributed by atoms with Crippen LogP contribution in [0.4, 0.5) is 5.95 Å². The van der Waals surface area contributed by atoms with Crippen molar-refractivity contribution in [2.45, 2.75) is 13.1 Å². The molecule has 0 spiro atoms. The van der Waals surface area contributed by atoms with Crippen LogP contribution in [0.5, 0.6) is 5.75 Å². The smallest absolute Gasteiger partial charge is 0.270 e. The molecule has 1 aromatic heterocycles. The number of benzene rings is 2. The first kappa shape index (κ1) is 21.6. The van der Waals surface area contributed by atoms with Gasteiger partial charge in [0.2, 0.25) is 5.95 Å². The van der Waals surface area contributed by atoms with E-state index in [2.05, 4.69) is 44.5 Å². The quantitative estimate of drug-likeness (QED) is 0.593. The third-order valence-electron chi connectivity index (χ3n) is 5.39. The van der Waals surface area contributed by atoms with Gasteiger partial charge in [-0.2, -0.15) is 5.26 Å². The summed E-state index contributed by atoms with van der Waals surface area (Å²) >= 11 is 0. The summed E-state index contributed by atoms with van der Waals surface area (Å²) in [6.07, 6.45) is 0. The van der Waals surface area contributed by atoms with E-state index in [1.54, 1.807) is 31.4 Å². The standard InChI is InChI=1S/C24H25N5O3/c1-31-20-8-6-19(7-9-20)22-21(14-25)23(30)28-24(27-22)26-15-17-2-4-18(5-3-17)16-29-10-12-32-13-11-29/h2-9H,10-13,15-16H2,1H3,(H2,26,27,28,30). The van der Waals surface area contributed by atoms with Gasteiger partial charge in [0.15, 0.2) is 0 Å². The van der Waals surface area contributed by atoms with Crippen molar-refractivity contribution in [3.05, 3.63) is 75.6 Å². The fourth-order valence-electron chi connectivity index (χ4n) is 3.58. The Labute approximate surface area is 186 Å². The highest BCUT2D eigenvalue weighted by atomic mass is 16.5. The molecule has 2 N–H and O–H groups in total. The Hall–Kier alpha value is -3.67. The summed E-state index contributed by atoms with van der Waals surface area (Å²) in [5.41, 5.74) is 2.83. The van der Waals surface area contributed by atoms with Gasteiger partial charge in [-0.05, 0) is 35.4 Å². The summed E-state index contributed by atoms with van der Waals surface area (Å²) < 4.78 is 10.6. The van der Waals surface area contributed by atoms with Gasteiger partial charge in [0.25, 0.3) is 5.56 Å². The maximum atomic E-state index is 12.4. The van der Waals surface area contributed by atoms with Crippen molar-refractivity contribution in [2.75, 3.05) is 38.7 Å². The topological polar surface area (TPSA) is 103 Å². The SMILES string of the molecule is COc1ccc(-c2nc(NCc3ccc(CN4CCOCC4)cc3)[nH]c(=O)c2C#N)cc1. The molecule has 4 rings (SSSR count). The Morgan fingerprint density at radius 1 is 1.12 bits per heavy atom. The van der Waals surface area contributed by atoms with Crippen LogP contribution in [0.25, 0.3) is 11.3 Å². The van der Waals surface area contributed by atoms with Gasteiger partial charge < -0.3 is 14.8 Å². The molecule has 3 aromatic rings. The van der Waals surface area contributed by atoms with Gasteiger partial charge in [-0.1, -0.05) is 24.3 Å². The number of nitrogens with one attached hydrogen (secondary N) is 2. The van der Waals surface area contributed by atoms with Gasteiger partial charge in [-0.15, -0.1) is 0 Å². The van der Waals surface area contributed by atoms with Crippen LogP contribution >= 0.6 is 0 Å². The molecule has 0 saturated carbocycles. The minimum absolute atomic E-state index is 0.0202. The van der Waals surface area contributed by atoms with Gasteiger partial charge >= 0.3 is 0 Å². The molecule has 1 fully saturated rings. The number of aromatic amines is 1. The summed E-state index contributed by atoms with van der Waals surface area (Å²) in [5.74, 6) is 1.00. The summed E-state index contributed by atoms with van der Waals surface area (Å²) in [6.45, 7) is 4.89.